The fourth-order valence-electron chi connectivity index (χ4n) is 4.43. The maximum absolute atomic E-state index is 11.5. The Morgan fingerprint density at radius 2 is 1.71 bits per heavy atom. The highest BCUT2D eigenvalue weighted by molar-refractivity contribution is 6.11. The van der Waals surface area contributed by atoms with Gasteiger partial charge in [0.1, 0.15) is 0 Å². The van der Waals surface area contributed by atoms with Gasteiger partial charge in [0, 0.05) is 22.8 Å². The van der Waals surface area contributed by atoms with Gasteiger partial charge < -0.3 is 9.67 Å². The first-order valence-corrected chi connectivity index (χ1v) is 9.76. The number of para-hydroxylation sites is 1. The van der Waals surface area contributed by atoms with E-state index in [2.05, 4.69) is 79.9 Å². The summed E-state index contributed by atoms with van der Waals surface area (Å²) in [6.07, 6.45) is 0.0527. The minimum atomic E-state index is -0.786. The predicted molar refractivity (Wildman–Crippen MR) is 115 cm³/mol. The molecule has 1 aromatic heterocycles. The van der Waals surface area contributed by atoms with Crippen LogP contribution in [0.4, 0.5) is 0 Å². The summed E-state index contributed by atoms with van der Waals surface area (Å²) in [5.41, 5.74) is 6.81. The number of hydrogen-bond acceptors (Lipinski definition) is 1. The molecule has 3 heteroatoms. The molecular weight excluding hydrogens is 346 g/mol. The summed E-state index contributed by atoms with van der Waals surface area (Å²) in [5.74, 6) is -0.553. The summed E-state index contributed by atoms with van der Waals surface area (Å²) in [7, 11) is 0. The largest absolute Gasteiger partial charge is 0.481 e. The van der Waals surface area contributed by atoms with Crippen LogP contribution >= 0.6 is 0 Å². The van der Waals surface area contributed by atoms with Gasteiger partial charge in [0.15, 0.2) is 0 Å². The molecule has 0 radical (unpaired) electrons. The Morgan fingerprint density at radius 3 is 2.39 bits per heavy atom. The molecule has 1 heterocycles. The number of fused-ring (bicyclic) bond motifs is 3. The lowest BCUT2D eigenvalue weighted by atomic mass is 9.90. The van der Waals surface area contributed by atoms with Crippen LogP contribution < -0.4 is 0 Å². The van der Waals surface area contributed by atoms with Crippen LogP contribution in [0.15, 0.2) is 60.7 Å². The molecule has 0 fully saturated rings. The van der Waals surface area contributed by atoms with Gasteiger partial charge in [0.25, 0.3) is 0 Å². The van der Waals surface area contributed by atoms with Crippen molar-refractivity contribution >= 4 is 27.8 Å². The number of carboxylic acids is 1. The number of carboxylic acid groups (broad SMARTS) is 1. The zero-order valence-electron chi connectivity index (χ0n) is 16.6. The van der Waals surface area contributed by atoms with Crippen molar-refractivity contribution in [1.29, 1.82) is 0 Å². The lowest BCUT2D eigenvalue weighted by molar-refractivity contribution is -0.136. The topological polar surface area (TPSA) is 42.2 Å². The molecule has 3 aromatic carbocycles. The molecule has 28 heavy (non-hydrogen) atoms. The summed E-state index contributed by atoms with van der Waals surface area (Å²) < 4.78 is 2.37. The lowest BCUT2D eigenvalue weighted by Gasteiger charge is -2.18. The van der Waals surface area contributed by atoms with Gasteiger partial charge in [-0.25, -0.2) is 0 Å². The summed E-state index contributed by atoms with van der Waals surface area (Å²) in [6, 6.07) is 21.0. The van der Waals surface area contributed by atoms with Crippen LogP contribution in [0.2, 0.25) is 0 Å². The Balaban J connectivity index is 2.12. The number of aliphatic carboxylic acids is 1. The summed E-state index contributed by atoms with van der Waals surface area (Å²) >= 11 is 0. The van der Waals surface area contributed by atoms with E-state index in [0.29, 0.717) is 0 Å². The molecule has 0 unspecified atom stereocenters. The molecule has 0 saturated carbocycles. The van der Waals surface area contributed by atoms with E-state index in [9.17, 15) is 9.90 Å². The molecule has 0 aliphatic rings. The fourth-order valence-corrected chi connectivity index (χ4v) is 4.43. The molecule has 3 nitrogen and oxygen atoms in total. The first kappa shape index (κ1) is 18.3. The van der Waals surface area contributed by atoms with Gasteiger partial charge in [-0.05, 0) is 41.2 Å². The first-order valence-electron chi connectivity index (χ1n) is 9.76. The average Bonchev–Trinajstić information content (AvgIpc) is 2.97. The van der Waals surface area contributed by atoms with E-state index in [4.69, 9.17) is 0 Å². The molecule has 142 valence electrons. The van der Waals surface area contributed by atoms with Crippen molar-refractivity contribution in [2.24, 2.45) is 0 Å². The van der Waals surface area contributed by atoms with Crippen molar-refractivity contribution in [1.82, 2.24) is 4.57 Å². The highest BCUT2D eigenvalue weighted by Gasteiger charge is 2.21. The lowest BCUT2D eigenvalue weighted by Crippen LogP contribution is -2.09. The Hall–Kier alpha value is -3.07. The fraction of sp³-hybridized carbons (Fsp3) is 0.240. The molecule has 0 atom stereocenters. The van der Waals surface area contributed by atoms with Crippen molar-refractivity contribution in [3.8, 4) is 0 Å². The summed E-state index contributed by atoms with van der Waals surface area (Å²) in [4.78, 5) is 11.5. The minimum absolute atomic E-state index is 0.0527. The summed E-state index contributed by atoms with van der Waals surface area (Å²) in [5, 5.41) is 11.9. The maximum Gasteiger partial charge on any atom is 0.307 e. The number of aromatic nitrogens is 1. The normalized spacial score (nSPS) is 11.6. The van der Waals surface area contributed by atoms with Crippen molar-refractivity contribution in [2.45, 2.75) is 39.7 Å². The number of benzene rings is 3. The van der Waals surface area contributed by atoms with Crippen molar-refractivity contribution in [3.05, 3.63) is 82.9 Å². The maximum atomic E-state index is 11.5. The van der Waals surface area contributed by atoms with Crippen LogP contribution in [0.5, 0.6) is 0 Å². The highest BCUT2D eigenvalue weighted by Crippen LogP contribution is 2.39. The zero-order chi connectivity index (χ0) is 19.8. The van der Waals surface area contributed by atoms with Crippen LogP contribution in [0.25, 0.3) is 21.8 Å². The van der Waals surface area contributed by atoms with Crippen LogP contribution in [0.1, 0.15) is 42.0 Å². The Bertz CT molecular complexity index is 1170. The van der Waals surface area contributed by atoms with Crippen molar-refractivity contribution in [3.63, 3.8) is 0 Å². The molecule has 0 saturated heterocycles. The predicted octanol–water partition coefficient (Wildman–Crippen LogP) is 5.90. The molecule has 0 amide bonds. The van der Waals surface area contributed by atoms with E-state index in [1.54, 1.807) is 0 Å². The van der Waals surface area contributed by atoms with Crippen LogP contribution in [-0.4, -0.2) is 15.6 Å². The van der Waals surface area contributed by atoms with E-state index in [-0.39, 0.29) is 12.3 Å². The van der Waals surface area contributed by atoms with Gasteiger partial charge in [0.05, 0.1) is 11.9 Å². The van der Waals surface area contributed by atoms with Gasteiger partial charge in [-0.15, -0.1) is 0 Å². The van der Waals surface area contributed by atoms with E-state index < -0.39 is 5.97 Å². The van der Waals surface area contributed by atoms with Gasteiger partial charge >= 0.3 is 5.97 Å². The van der Waals surface area contributed by atoms with Gasteiger partial charge in [-0.2, -0.15) is 0 Å². The SMILES string of the molecule is Cc1cc(CC(=O)O)c(C(C)C)c2c1c1ccccc1n2Cc1ccccc1. The van der Waals surface area contributed by atoms with E-state index in [1.807, 2.05) is 6.07 Å². The quantitative estimate of drug-likeness (QED) is 0.474. The average molecular weight is 371 g/mol. The molecule has 0 aliphatic carbocycles. The first-order chi connectivity index (χ1) is 13.5. The Labute approximate surface area is 165 Å². The third kappa shape index (κ3) is 3.07. The van der Waals surface area contributed by atoms with E-state index in [0.717, 1.165) is 23.2 Å². The van der Waals surface area contributed by atoms with Gasteiger partial charge in [0.2, 0.25) is 0 Å². The van der Waals surface area contributed by atoms with Crippen LogP contribution in [0.3, 0.4) is 0 Å². The molecule has 4 aromatic rings. The Morgan fingerprint density at radius 1 is 1.04 bits per heavy atom. The molecule has 4 rings (SSSR count). The second kappa shape index (κ2) is 7.16. The smallest absolute Gasteiger partial charge is 0.307 e. The zero-order valence-corrected chi connectivity index (χ0v) is 16.6. The number of nitrogens with zero attached hydrogens (tertiary/aromatic N) is 1. The monoisotopic (exact) mass is 371 g/mol. The van der Waals surface area contributed by atoms with Crippen LogP contribution in [0, 0.1) is 6.92 Å². The van der Waals surface area contributed by atoms with Gasteiger partial charge in [-0.1, -0.05) is 68.4 Å². The number of hydrogen-bond donors (Lipinski definition) is 1. The molecule has 0 bridgehead atoms. The molecule has 1 N–H and O–H groups in total. The summed E-state index contributed by atoms with van der Waals surface area (Å²) in [6.45, 7) is 7.16. The van der Waals surface area contributed by atoms with Gasteiger partial charge in [-0.3, -0.25) is 4.79 Å². The third-order valence-corrected chi connectivity index (χ3v) is 5.46. The Kier molecular flexibility index (Phi) is 4.68. The molecular formula is C25H25NO2. The van der Waals surface area contributed by atoms with Crippen molar-refractivity contribution in [2.75, 3.05) is 0 Å². The number of rotatable bonds is 5. The number of carbonyl (C=O) groups is 1. The second-order valence-corrected chi connectivity index (χ2v) is 7.80. The highest BCUT2D eigenvalue weighted by atomic mass is 16.4. The molecule has 0 aliphatic heterocycles. The third-order valence-electron chi connectivity index (χ3n) is 5.46. The standard InChI is InChI=1S/C25H25NO2/c1-16(2)23-19(14-22(27)28)13-17(3)24-20-11-7-8-12-21(20)26(25(23)24)15-18-9-5-4-6-10-18/h4-13,16H,14-15H2,1-3H3,(H,27,28). The minimum Gasteiger partial charge on any atom is -0.481 e. The number of aryl methyl sites for hydroxylation is 1. The molecule has 0 spiro atoms. The van der Waals surface area contributed by atoms with E-state index in [1.165, 1.54) is 27.4 Å². The second-order valence-electron chi connectivity index (χ2n) is 7.80. The van der Waals surface area contributed by atoms with Crippen molar-refractivity contribution < 1.29 is 9.90 Å². The van der Waals surface area contributed by atoms with Crippen LogP contribution in [-0.2, 0) is 17.8 Å². The van der Waals surface area contributed by atoms with E-state index >= 15 is 0 Å².